The van der Waals surface area contributed by atoms with E-state index in [0.29, 0.717) is 34.8 Å². The standard InChI is InChI=1S/C21H17N3O4/c25-14-28-19-11-9-15(10-12-19)20(26)22-17-7-4-8-18(13-17)24-21(27)23-16-5-2-1-3-6-16/h1-14H,(H,22,26)(H2,23,24,27). The number of carbonyl (C=O) groups excluding carboxylic acids is 3. The molecule has 7 nitrogen and oxygen atoms in total. The molecule has 0 heterocycles. The van der Waals surface area contributed by atoms with E-state index < -0.39 is 0 Å². The lowest BCUT2D eigenvalue weighted by molar-refractivity contribution is -0.120. The van der Waals surface area contributed by atoms with Crippen LogP contribution in [0.15, 0.2) is 78.9 Å². The highest BCUT2D eigenvalue weighted by atomic mass is 16.5. The number of hydrogen-bond donors (Lipinski definition) is 3. The third-order valence-electron chi connectivity index (χ3n) is 3.71. The second-order valence-electron chi connectivity index (χ2n) is 5.72. The molecule has 0 aliphatic carbocycles. The SMILES string of the molecule is O=COc1ccc(C(=O)Nc2cccc(NC(=O)Nc3ccccc3)c2)cc1. The molecule has 3 aromatic carbocycles. The Morgan fingerprint density at radius 2 is 1.32 bits per heavy atom. The molecule has 28 heavy (non-hydrogen) atoms. The van der Waals surface area contributed by atoms with Crippen LogP contribution in [0.4, 0.5) is 21.9 Å². The van der Waals surface area contributed by atoms with Crippen LogP contribution in [0, 0.1) is 0 Å². The molecular formula is C21H17N3O4. The van der Waals surface area contributed by atoms with Crippen LogP contribution < -0.4 is 20.7 Å². The van der Waals surface area contributed by atoms with Crippen molar-refractivity contribution in [2.45, 2.75) is 0 Å². The topological polar surface area (TPSA) is 96.5 Å². The summed E-state index contributed by atoms with van der Waals surface area (Å²) in [6.07, 6.45) is 0. The molecule has 0 radical (unpaired) electrons. The molecule has 0 bridgehead atoms. The average Bonchev–Trinajstić information content (AvgIpc) is 2.70. The number of carbonyl (C=O) groups is 3. The van der Waals surface area contributed by atoms with Crippen LogP contribution in [-0.2, 0) is 4.79 Å². The summed E-state index contributed by atoms with van der Waals surface area (Å²) in [7, 11) is 0. The molecule has 0 aliphatic heterocycles. The Morgan fingerprint density at radius 1 is 0.714 bits per heavy atom. The molecule has 140 valence electrons. The van der Waals surface area contributed by atoms with Gasteiger partial charge in [0.15, 0.2) is 0 Å². The Hall–Kier alpha value is -4.13. The first-order valence-corrected chi connectivity index (χ1v) is 8.39. The zero-order chi connectivity index (χ0) is 19.8. The summed E-state index contributed by atoms with van der Waals surface area (Å²) in [6, 6.07) is 21.6. The van der Waals surface area contributed by atoms with Crippen molar-refractivity contribution in [2.75, 3.05) is 16.0 Å². The number of ether oxygens (including phenoxy) is 1. The van der Waals surface area contributed by atoms with Gasteiger partial charge in [0, 0.05) is 22.6 Å². The van der Waals surface area contributed by atoms with E-state index in [1.165, 1.54) is 12.1 Å². The summed E-state index contributed by atoms with van der Waals surface area (Å²) in [6.45, 7) is 0.321. The number of urea groups is 1. The lowest BCUT2D eigenvalue weighted by Gasteiger charge is -2.10. The molecule has 7 heteroatoms. The van der Waals surface area contributed by atoms with Crippen molar-refractivity contribution in [3.05, 3.63) is 84.4 Å². The Morgan fingerprint density at radius 3 is 2.00 bits per heavy atom. The molecule has 0 aromatic heterocycles. The largest absolute Gasteiger partial charge is 0.429 e. The fraction of sp³-hybridized carbons (Fsp3) is 0. The summed E-state index contributed by atoms with van der Waals surface area (Å²) in [4.78, 5) is 34.7. The molecule has 0 aliphatic rings. The number of nitrogens with one attached hydrogen (secondary N) is 3. The molecular weight excluding hydrogens is 358 g/mol. The highest BCUT2D eigenvalue weighted by Crippen LogP contribution is 2.18. The molecule has 0 fully saturated rings. The molecule has 0 spiro atoms. The first-order valence-electron chi connectivity index (χ1n) is 8.39. The van der Waals surface area contributed by atoms with Crippen molar-refractivity contribution in [3.63, 3.8) is 0 Å². The number of rotatable bonds is 6. The maximum Gasteiger partial charge on any atom is 0.323 e. The number of anilines is 3. The Labute approximate surface area is 161 Å². The van der Waals surface area contributed by atoms with E-state index in [9.17, 15) is 14.4 Å². The van der Waals surface area contributed by atoms with Crippen molar-refractivity contribution in [1.82, 2.24) is 0 Å². The second kappa shape index (κ2) is 9.00. The van der Waals surface area contributed by atoms with Crippen LogP contribution in [0.25, 0.3) is 0 Å². The zero-order valence-corrected chi connectivity index (χ0v) is 14.7. The smallest absolute Gasteiger partial charge is 0.323 e. The first-order chi connectivity index (χ1) is 13.6. The minimum atomic E-state index is -0.388. The molecule has 3 amide bonds. The fourth-order valence-electron chi connectivity index (χ4n) is 2.43. The molecule has 0 saturated carbocycles. The summed E-state index contributed by atoms with van der Waals surface area (Å²) >= 11 is 0. The van der Waals surface area contributed by atoms with E-state index in [0.717, 1.165) is 0 Å². The van der Waals surface area contributed by atoms with Gasteiger partial charge in [-0.05, 0) is 54.6 Å². The number of para-hydroxylation sites is 1. The average molecular weight is 375 g/mol. The van der Waals surface area contributed by atoms with E-state index in [4.69, 9.17) is 4.74 Å². The van der Waals surface area contributed by atoms with Gasteiger partial charge in [-0.2, -0.15) is 0 Å². The van der Waals surface area contributed by atoms with Crippen molar-refractivity contribution in [2.24, 2.45) is 0 Å². The molecule has 0 atom stereocenters. The van der Waals surface area contributed by atoms with Crippen LogP contribution in [-0.4, -0.2) is 18.4 Å². The minimum Gasteiger partial charge on any atom is -0.429 e. The van der Waals surface area contributed by atoms with Gasteiger partial charge in [-0.15, -0.1) is 0 Å². The summed E-state index contributed by atoms with van der Waals surface area (Å²) in [5.74, 6) is 0.0192. The molecule has 3 aromatic rings. The van der Waals surface area contributed by atoms with Gasteiger partial charge in [-0.25, -0.2) is 4.79 Å². The highest BCUT2D eigenvalue weighted by Gasteiger charge is 2.08. The predicted molar refractivity (Wildman–Crippen MR) is 107 cm³/mol. The molecule has 0 saturated heterocycles. The van der Waals surface area contributed by atoms with E-state index >= 15 is 0 Å². The lowest BCUT2D eigenvalue weighted by Crippen LogP contribution is -2.19. The Balaban J connectivity index is 1.61. The maximum absolute atomic E-state index is 12.3. The van der Waals surface area contributed by atoms with Crippen LogP contribution in [0.1, 0.15) is 10.4 Å². The number of hydrogen-bond acceptors (Lipinski definition) is 4. The van der Waals surface area contributed by atoms with E-state index in [1.54, 1.807) is 48.5 Å². The third-order valence-corrected chi connectivity index (χ3v) is 3.71. The van der Waals surface area contributed by atoms with Gasteiger partial charge < -0.3 is 20.7 Å². The normalized spacial score (nSPS) is 9.86. The predicted octanol–water partition coefficient (Wildman–Crippen LogP) is 4.12. The van der Waals surface area contributed by atoms with Crippen LogP contribution >= 0.6 is 0 Å². The minimum absolute atomic E-state index is 0.321. The van der Waals surface area contributed by atoms with Crippen molar-refractivity contribution in [1.29, 1.82) is 0 Å². The maximum atomic E-state index is 12.3. The summed E-state index contributed by atoms with van der Waals surface area (Å²) < 4.78 is 4.70. The number of amides is 3. The van der Waals surface area contributed by atoms with Gasteiger partial charge in [-0.3, -0.25) is 9.59 Å². The van der Waals surface area contributed by atoms with Gasteiger partial charge in [0.1, 0.15) is 5.75 Å². The van der Waals surface area contributed by atoms with Crippen molar-refractivity contribution >= 4 is 35.5 Å². The van der Waals surface area contributed by atoms with Crippen molar-refractivity contribution < 1.29 is 19.1 Å². The quantitative estimate of drug-likeness (QED) is 0.565. The number of benzene rings is 3. The summed E-state index contributed by atoms with van der Waals surface area (Å²) in [5, 5.41) is 8.18. The monoisotopic (exact) mass is 375 g/mol. The zero-order valence-electron chi connectivity index (χ0n) is 14.7. The van der Waals surface area contributed by atoms with E-state index in [-0.39, 0.29) is 11.9 Å². The summed E-state index contributed by atoms with van der Waals surface area (Å²) in [5.41, 5.74) is 2.13. The van der Waals surface area contributed by atoms with Crippen LogP contribution in [0.3, 0.4) is 0 Å². The molecule has 3 N–H and O–H groups in total. The Bertz CT molecular complexity index is 972. The van der Waals surface area contributed by atoms with Gasteiger partial charge in [0.2, 0.25) is 0 Å². The van der Waals surface area contributed by atoms with Gasteiger partial charge in [0.05, 0.1) is 0 Å². The van der Waals surface area contributed by atoms with Gasteiger partial charge in [0.25, 0.3) is 12.4 Å². The third kappa shape index (κ3) is 5.18. The van der Waals surface area contributed by atoms with Crippen molar-refractivity contribution in [3.8, 4) is 5.75 Å². The first kappa shape index (κ1) is 18.7. The molecule has 3 rings (SSSR count). The molecule has 0 unspecified atom stereocenters. The van der Waals surface area contributed by atoms with Crippen LogP contribution in [0.2, 0.25) is 0 Å². The lowest BCUT2D eigenvalue weighted by atomic mass is 10.2. The van der Waals surface area contributed by atoms with E-state index in [1.807, 2.05) is 18.2 Å². The highest BCUT2D eigenvalue weighted by molar-refractivity contribution is 6.05. The van der Waals surface area contributed by atoms with Crippen LogP contribution in [0.5, 0.6) is 5.75 Å². The van der Waals surface area contributed by atoms with E-state index in [2.05, 4.69) is 16.0 Å². The van der Waals surface area contributed by atoms with Gasteiger partial charge >= 0.3 is 6.03 Å². The second-order valence-corrected chi connectivity index (χ2v) is 5.72. The van der Waals surface area contributed by atoms with Gasteiger partial charge in [-0.1, -0.05) is 24.3 Å². The fourth-order valence-corrected chi connectivity index (χ4v) is 2.43. The Kier molecular flexibility index (Phi) is 5.99.